The van der Waals surface area contributed by atoms with Crippen LogP contribution in [-0.2, 0) is 0 Å². The van der Waals surface area contributed by atoms with Crippen molar-refractivity contribution in [1.82, 2.24) is 0 Å². The lowest BCUT2D eigenvalue weighted by Crippen LogP contribution is -2.65. The molecule has 0 aromatic rings. The van der Waals surface area contributed by atoms with Crippen LogP contribution in [0.1, 0.15) is 25.7 Å². The van der Waals surface area contributed by atoms with E-state index in [-0.39, 0.29) is 0 Å². The summed E-state index contributed by atoms with van der Waals surface area (Å²) >= 11 is 0. The first-order valence-corrected chi connectivity index (χ1v) is 13.2. The highest BCUT2D eigenvalue weighted by Gasteiger charge is 2.68. The molecule has 0 radical (unpaired) electrons. The summed E-state index contributed by atoms with van der Waals surface area (Å²) in [6.07, 6.45) is -51.5. The number of hydrogen-bond donors (Lipinski definition) is 0. The van der Waals surface area contributed by atoms with E-state index in [4.69, 9.17) is 0 Å². The lowest BCUT2D eigenvalue weighted by Gasteiger charge is -2.54. The number of alkyl halides is 15. The Labute approximate surface area is 220 Å². The Balaban J connectivity index is 1.92. The Kier molecular flexibility index (Phi) is 9.54. The van der Waals surface area contributed by atoms with Crippen LogP contribution in [-0.4, -0.2) is 99.3 Å². The van der Waals surface area contributed by atoms with E-state index in [2.05, 4.69) is 0 Å². The standard InChI is InChI=1S/C24H28BF15/c26-5-1-3-7(28)14(30)11(5)25(12-6(27)2-4-8(29)15(12)31)13-9(16(32)20(36)23(39)19(13)35)10-17(33)21(37)24(40)22(38)18(10)34/h5-24H,1-4H2/t5-,6-,7-,8-,9+,10?,11?,12?,13?,14-,15-,16+,17+,18+,19+,20?,21+,22+,23+,24?/m1/s1. The molecule has 0 aliphatic heterocycles. The third-order valence-electron chi connectivity index (χ3n) is 9.52. The fourth-order valence-corrected chi connectivity index (χ4v) is 7.59. The molecule has 16 heteroatoms. The highest BCUT2D eigenvalue weighted by atomic mass is 19.2. The van der Waals surface area contributed by atoms with Crippen molar-refractivity contribution in [2.45, 2.75) is 136 Å². The van der Waals surface area contributed by atoms with E-state index in [0.29, 0.717) is 0 Å². The van der Waals surface area contributed by atoms with Crippen LogP contribution in [0.4, 0.5) is 65.9 Å². The predicted octanol–water partition coefficient (Wildman–Crippen LogP) is 7.51. The maximum atomic E-state index is 15.7. The monoisotopic (exact) mass is 612 g/mol. The van der Waals surface area contributed by atoms with Crippen LogP contribution in [0, 0.1) is 11.8 Å². The molecule has 18 atom stereocenters. The molecule has 0 aromatic carbocycles. The Morgan fingerprint density at radius 1 is 0.275 bits per heavy atom. The number of rotatable bonds is 4. The predicted molar refractivity (Wildman–Crippen MR) is 116 cm³/mol. The van der Waals surface area contributed by atoms with Crippen LogP contribution < -0.4 is 0 Å². The van der Waals surface area contributed by atoms with E-state index in [1.807, 2.05) is 0 Å². The molecule has 4 saturated carbocycles. The van der Waals surface area contributed by atoms with Crippen molar-refractivity contribution in [2.24, 2.45) is 11.8 Å². The summed E-state index contributed by atoms with van der Waals surface area (Å²) in [5, 5.41) is 0. The van der Waals surface area contributed by atoms with Gasteiger partial charge in [-0.25, -0.2) is 65.9 Å². The number of halogens is 15. The van der Waals surface area contributed by atoms with Crippen molar-refractivity contribution in [1.29, 1.82) is 0 Å². The van der Waals surface area contributed by atoms with Crippen molar-refractivity contribution >= 4 is 6.71 Å². The molecule has 4 aliphatic rings. The molecule has 0 N–H and O–H groups in total. The van der Waals surface area contributed by atoms with E-state index >= 15 is 35.1 Å². The van der Waals surface area contributed by atoms with Crippen LogP contribution in [0.5, 0.6) is 0 Å². The molecule has 0 bridgehead atoms. The van der Waals surface area contributed by atoms with Gasteiger partial charge in [0.1, 0.15) is 49.4 Å². The first-order chi connectivity index (χ1) is 18.6. The maximum absolute atomic E-state index is 15.7. The summed E-state index contributed by atoms with van der Waals surface area (Å²) in [4.78, 5) is 0. The SMILES string of the molecule is FC1[C@@H](F)[C@@H](C2[C@H](F)[C@H](F)C(F)[C@@H](F)[C@H]2F)C(B(C2[C@H](F)CC[C@@H](F)[C@H]2F)C2[C@H](F)CC[C@@H](F)[C@H]2F)[C@H](F)[C@@H]1F. The Bertz CT molecular complexity index is 811. The first-order valence-electron chi connectivity index (χ1n) is 13.2. The Hall–Kier alpha value is -0.985. The van der Waals surface area contributed by atoms with E-state index in [1.165, 1.54) is 0 Å². The van der Waals surface area contributed by atoms with Crippen LogP contribution in [0.2, 0.25) is 17.5 Å². The topological polar surface area (TPSA) is 0 Å². The van der Waals surface area contributed by atoms with E-state index in [1.54, 1.807) is 0 Å². The van der Waals surface area contributed by atoms with E-state index in [0.717, 1.165) is 0 Å². The molecule has 0 heterocycles. The van der Waals surface area contributed by atoms with Gasteiger partial charge in [0.05, 0.1) is 12.3 Å². The summed E-state index contributed by atoms with van der Waals surface area (Å²) in [6.45, 7) is -2.78. The smallest absolute Gasteiger partial charge is 0.168 e. The van der Waals surface area contributed by atoms with Gasteiger partial charge in [0, 0.05) is 23.5 Å². The molecule has 0 spiro atoms. The van der Waals surface area contributed by atoms with Gasteiger partial charge < -0.3 is 0 Å². The van der Waals surface area contributed by atoms with Crippen molar-refractivity contribution < 1.29 is 65.9 Å². The zero-order valence-corrected chi connectivity index (χ0v) is 20.6. The average molecular weight is 612 g/mol. The largest absolute Gasteiger partial charge is 0.248 e. The molecule has 4 fully saturated rings. The van der Waals surface area contributed by atoms with Crippen molar-refractivity contribution in [2.75, 3.05) is 0 Å². The fraction of sp³-hybridized carbons (Fsp3) is 1.00. The maximum Gasteiger partial charge on any atom is 0.168 e. The fourth-order valence-electron chi connectivity index (χ4n) is 7.59. The summed E-state index contributed by atoms with van der Waals surface area (Å²) < 4.78 is 223. The summed E-state index contributed by atoms with van der Waals surface area (Å²) in [5.41, 5.74) is 0. The van der Waals surface area contributed by atoms with Gasteiger partial charge in [0.15, 0.2) is 37.6 Å². The normalized spacial score (nSPS) is 58.0. The molecule has 0 saturated heterocycles. The third-order valence-corrected chi connectivity index (χ3v) is 9.52. The molecule has 4 unspecified atom stereocenters. The zero-order valence-electron chi connectivity index (χ0n) is 20.6. The molecular weight excluding hydrogens is 584 g/mol. The van der Waals surface area contributed by atoms with Gasteiger partial charge in [0.2, 0.25) is 0 Å². The lowest BCUT2D eigenvalue weighted by molar-refractivity contribution is -0.141. The zero-order chi connectivity index (χ0) is 30.0. The van der Waals surface area contributed by atoms with Gasteiger partial charge in [-0.15, -0.1) is 0 Å². The molecule has 40 heavy (non-hydrogen) atoms. The third kappa shape index (κ3) is 5.10. The van der Waals surface area contributed by atoms with Gasteiger partial charge in [-0.3, -0.25) is 0 Å². The highest BCUT2D eigenvalue weighted by molar-refractivity contribution is 6.65. The molecule has 0 nitrogen and oxygen atoms in total. The Morgan fingerprint density at radius 3 is 0.975 bits per heavy atom. The van der Waals surface area contributed by atoms with Gasteiger partial charge in [-0.05, 0) is 31.5 Å². The minimum Gasteiger partial charge on any atom is -0.248 e. The van der Waals surface area contributed by atoms with Gasteiger partial charge in [-0.1, -0.05) is 0 Å². The lowest BCUT2D eigenvalue weighted by atomic mass is 9.20. The van der Waals surface area contributed by atoms with Crippen molar-refractivity contribution in [3.8, 4) is 0 Å². The molecule has 0 aromatic heterocycles. The van der Waals surface area contributed by atoms with Crippen LogP contribution in [0.15, 0.2) is 0 Å². The minimum absolute atomic E-state index is 0.788. The highest BCUT2D eigenvalue weighted by Crippen LogP contribution is 2.59. The molecule has 232 valence electrons. The summed E-state index contributed by atoms with van der Waals surface area (Å²) in [5.74, 6) is -14.6. The van der Waals surface area contributed by atoms with E-state index in [9.17, 15) is 30.7 Å². The second-order valence-electron chi connectivity index (χ2n) is 11.6. The second-order valence-corrected chi connectivity index (χ2v) is 11.6. The molecule has 0 amide bonds. The molecule has 4 rings (SSSR count). The minimum atomic E-state index is -3.57. The van der Waals surface area contributed by atoms with Gasteiger partial charge in [-0.2, -0.15) is 0 Å². The quantitative estimate of drug-likeness (QED) is 0.228. The van der Waals surface area contributed by atoms with Crippen molar-refractivity contribution in [3.05, 3.63) is 0 Å². The number of hydrogen-bond acceptors (Lipinski definition) is 0. The van der Waals surface area contributed by atoms with Crippen LogP contribution >= 0.6 is 0 Å². The average Bonchev–Trinajstić information content (AvgIpc) is 2.92. The van der Waals surface area contributed by atoms with Crippen LogP contribution in [0.25, 0.3) is 0 Å². The molecule has 4 aliphatic carbocycles. The summed E-state index contributed by atoms with van der Waals surface area (Å²) in [7, 11) is 0. The van der Waals surface area contributed by atoms with Crippen LogP contribution in [0.3, 0.4) is 0 Å². The first kappa shape index (κ1) is 31.9. The summed E-state index contributed by atoms with van der Waals surface area (Å²) in [6, 6.07) is 0. The second kappa shape index (κ2) is 12.0. The van der Waals surface area contributed by atoms with Gasteiger partial charge in [0.25, 0.3) is 0 Å². The molecular formula is C24H28BF15. The van der Waals surface area contributed by atoms with Gasteiger partial charge >= 0.3 is 0 Å². The van der Waals surface area contributed by atoms with Crippen molar-refractivity contribution in [3.63, 3.8) is 0 Å². The van der Waals surface area contributed by atoms with E-state index < -0.39 is 154 Å². The Morgan fingerprint density at radius 2 is 0.575 bits per heavy atom.